The molecule has 0 radical (unpaired) electrons. The maximum absolute atomic E-state index is 5.88. The zero-order chi connectivity index (χ0) is 21.9. The minimum atomic E-state index is 0.428. The molecule has 1 saturated heterocycles. The van der Waals surface area contributed by atoms with E-state index in [0.717, 1.165) is 48.9 Å². The molecule has 11 heteroatoms. The third kappa shape index (κ3) is 4.68. The quantitative estimate of drug-likeness (QED) is 0.228. The van der Waals surface area contributed by atoms with Crippen molar-refractivity contribution in [2.75, 3.05) is 23.0 Å². The molecule has 2 aromatic heterocycles. The molecule has 0 atom stereocenters. The Labute approximate surface area is 189 Å². The highest BCUT2D eigenvalue weighted by Crippen LogP contribution is 2.39. The van der Waals surface area contributed by atoms with Crippen LogP contribution >= 0.6 is 11.3 Å². The zero-order valence-electron chi connectivity index (χ0n) is 17.6. The van der Waals surface area contributed by atoms with Crippen LogP contribution in [0.1, 0.15) is 54.0 Å². The van der Waals surface area contributed by atoms with Gasteiger partial charge >= 0.3 is 6.01 Å². The van der Waals surface area contributed by atoms with E-state index in [4.69, 9.17) is 25.9 Å². The number of hydrazine groups is 1. The Morgan fingerprint density at radius 2 is 1.94 bits per heavy atom. The number of piperidine rings is 1. The van der Waals surface area contributed by atoms with Gasteiger partial charge in [0.15, 0.2) is 5.82 Å². The van der Waals surface area contributed by atoms with E-state index in [0.29, 0.717) is 24.5 Å². The maximum atomic E-state index is 5.88. The Balaban J connectivity index is 1.11. The van der Waals surface area contributed by atoms with Crippen LogP contribution in [0.25, 0.3) is 0 Å². The van der Waals surface area contributed by atoms with Crippen LogP contribution in [0.15, 0.2) is 39.3 Å². The van der Waals surface area contributed by atoms with Crippen molar-refractivity contribution < 1.29 is 9.26 Å². The summed E-state index contributed by atoms with van der Waals surface area (Å²) in [4.78, 5) is 11.6. The summed E-state index contributed by atoms with van der Waals surface area (Å²) in [5.41, 5.74) is 1.70. The van der Waals surface area contributed by atoms with Gasteiger partial charge in [-0.25, -0.2) is 10.8 Å². The summed E-state index contributed by atoms with van der Waals surface area (Å²) in [6.45, 7) is 2.24. The van der Waals surface area contributed by atoms with Crippen LogP contribution in [0.5, 0.6) is 5.75 Å². The molecule has 2 fully saturated rings. The number of aromatic nitrogens is 3. The zero-order valence-corrected chi connectivity index (χ0v) is 18.4. The summed E-state index contributed by atoms with van der Waals surface area (Å²) in [5, 5.41) is 12.1. The first-order chi connectivity index (χ1) is 15.7. The van der Waals surface area contributed by atoms with Crippen molar-refractivity contribution in [3.8, 4) is 5.75 Å². The van der Waals surface area contributed by atoms with E-state index < -0.39 is 0 Å². The second-order valence-electron chi connectivity index (χ2n) is 8.10. The van der Waals surface area contributed by atoms with Crippen LogP contribution in [0.3, 0.4) is 0 Å². The number of benzene rings is 1. The minimum Gasteiger partial charge on any atom is -0.487 e. The van der Waals surface area contributed by atoms with Gasteiger partial charge in [0.1, 0.15) is 18.7 Å². The summed E-state index contributed by atoms with van der Waals surface area (Å²) >= 11 is 1.71. The van der Waals surface area contributed by atoms with Gasteiger partial charge in [-0.15, -0.1) is 11.3 Å². The van der Waals surface area contributed by atoms with Crippen LogP contribution in [-0.2, 0) is 6.61 Å². The molecule has 3 heterocycles. The number of hydrogen-bond acceptors (Lipinski definition) is 10. The third-order valence-electron chi connectivity index (χ3n) is 5.77. The van der Waals surface area contributed by atoms with Gasteiger partial charge < -0.3 is 20.0 Å². The van der Waals surface area contributed by atoms with E-state index >= 15 is 0 Å². The Kier molecular flexibility index (Phi) is 5.91. The molecular formula is C21H26N8O2S. The first-order valence-electron chi connectivity index (χ1n) is 10.7. The van der Waals surface area contributed by atoms with Crippen molar-refractivity contribution in [2.24, 2.45) is 16.8 Å². The smallest absolute Gasteiger partial charge is 0.324 e. The first-order valence-corrected chi connectivity index (χ1v) is 11.6. The van der Waals surface area contributed by atoms with Gasteiger partial charge in [-0.2, -0.15) is 10.1 Å². The summed E-state index contributed by atoms with van der Waals surface area (Å²) < 4.78 is 11.4. The van der Waals surface area contributed by atoms with Gasteiger partial charge in [0, 0.05) is 30.3 Å². The normalized spacial score (nSPS) is 17.2. The Morgan fingerprint density at radius 1 is 1.16 bits per heavy atom. The fraction of sp³-hybridized carbons (Fsp3) is 0.429. The molecule has 1 aliphatic carbocycles. The lowest BCUT2D eigenvalue weighted by Gasteiger charge is -2.29. The molecule has 4 N–H and O–H groups in total. The molecule has 0 bridgehead atoms. The van der Waals surface area contributed by atoms with E-state index in [1.807, 2.05) is 24.3 Å². The van der Waals surface area contributed by atoms with Crippen LogP contribution in [0.2, 0.25) is 0 Å². The second-order valence-corrected chi connectivity index (χ2v) is 8.99. The van der Waals surface area contributed by atoms with Crippen LogP contribution in [-0.4, -0.2) is 34.6 Å². The van der Waals surface area contributed by atoms with E-state index in [9.17, 15) is 0 Å². The van der Waals surface area contributed by atoms with Gasteiger partial charge in [0.2, 0.25) is 0 Å². The summed E-state index contributed by atoms with van der Waals surface area (Å²) in [5.74, 6) is 13.5. The standard InChI is InChI=1S/C21H26N8O2S/c22-24-13-29(23)17-3-5-18(6-4-17)30-11-16-12-32-20(25-16)15-7-9-28(10-8-15)21-26-19(27-31-21)14-1-2-14/h3-6,12-15H,1-2,7-11,22-23H2/b24-13-. The number of anilines is 2. The third-order valence-corrected chi connectivity index (χ3v) is 6.83. The van der Waals surface area contributed by atoms with E-state index in [1.165, 1.54) is 29.2 Å². The summed E-state index contributed by atoms with van der Waals surface area (Å²) in [7, 11) is 0. The highest BCUT2D eigenvalue weighted by atomic mass is 32.1. The molecular weight excluding hydrogens is 428 g/mol. The molecule has 1 aromatic carbocycles. The number of thiazole rings is 1. The number of hydrazone groups is 1. The Bertz CT molecular complexity index is 1050. The lowest BCUT2D eigenvalue weighted by molar-refractivity contribution is 0.301. The first kappa shape index (κ1) is 20.7. The molecule has 32 heavy (non-hydrogen) atoms. The molecule has 0 amide bonds. The van der Waals surface area contributed by atoms with Gasteiger partial charge in [-0.3, -0.25) is 5.01 Å². The molecule has 0 unspecified atom stereocenters. The van der Waals surface area contributed by atoms with Crippen molar-refractivity contribution >= 4 is 29.4 Å². The average molecular weight is 455 g/mol. The largest absolute Gasteiger partial charge is 0.487 e. The summed E-state index contributed by atoms with van der Waals surface area (Å²) in [6, 6.07) is 8.06. The lowest BCUT2D eigenvalue weighted by Crippen LogP contribution is -2.33. The van der Waals surface area contributed by atoms with Crippen molar-refractivity contribution in [1.82, 2.24) is 15.1 Å². The number of hydrogen-bond donors (Lipinski definition) is 2. The van der Waals surface area contributed by atoms with Gasteiger partial charge in [-0.05, 0) is 49.9 Å². The molecule has 1 aliphatic heterocycles. The van der Waals surface area contributed by atoms with E-state index in [1.54, 1.807) is 11.3 Å². The van der Waals surface area contributed by atoms with Crippen molar-refractivity contribution in [1.29, 1.82) is 0 Å². The SMILES string of the molecule is N/N=C\N(N)c1ccc(OCc2csc(C3CCN(c4nc(C5CC5)no4)CC3)n2)cc1. The van der Waals surface area contributed by atoms with E-state index in [-0.39, 0.29) is 0 Å². The Hall–Kier alpha value is -3.18. The maximum Gasteiger partial charge on any atom is 0.324 e. The van der Waals surface area contributed by atoms with E-state index in [2.05, 4.69) is 25.5 Å². The number of nitrogens with zero attached hydrogens (tertiary/aromatic N) is 6. The monoisotopic (exact) mass is 454 g/mol. The van der Waals surface area contributed by atoms with Crippen molar-refractivity contribution in [2.45, 2.75) is 44.1 Å². The van der Waals surface area contributed by atoms with Crippen molar-refractivity contribution in [3.05, 3.63) is 46.2 Å². The van der Waals surface area contributed by atoms with Crippen LogP contribution in [0, 0.1) is 0 Å². The van der Waals surface area contributed by atoms with Gasteiger partial charge in [-0.1, -0.05) is 5.16 Å². The van der Waals surface area contributed by atoms with Crippen molar-refractivity contribution in [3.63, 3.8) is 0 Å². The van der Waals surface area contributed by atoms with Crippen LogP contribution in [0.4, 0.5) is 11.7 Å². The molecule has 1 saturated carbocycles. The fourth-order valence-electron chi connectivity index (χ4n) is 3.77. The predicted octanol–water partition coefficient (Wildman–Crippen LogP) is 2.95. The molecule has 5 rings (SSSR count). The lowest BCUT2D eigenvalue weighted by atomic mass is 9.98. The highest BCUT2D eigenvalue weighted by Gasteiger charge is 2.31. The highest BCUT2D eigenvalue weighted by molar-refractivity contribution is 7.09. The van der Waals surface area contributed by atoms with Crippen LogP contribution < -0.4 is 26.3 Å². The number of ether oxygens (including phenoxy) is 1. The fourth-order valence-corrected chi connectivity index (χ4v) is 4.74. The second kappa shape index (κ2) is 9.13. The molecule has 168 valence electrons. The minimum absolute atomic E-state index is 0.428. The van der Waals surface area contributed by atoms with Gasteiger partial charge in [0.05, 0.1) is 16.4 Å². The topological polar surface area (TPSA) is 132 Å². The number of nitrogens with two attached hydrogens (primary N) is 2. The number of rotatable bonds is 8. The molecule has 10 nitrogen and oxygen atoms in total. The average Bonchev–Trinajstić information content (AvgIpc) is 3.36. The molecule has 3 aromatic rings. The molecule has 2 aliphatic rings. The Morgan fingerprint density at radius 3 is 2.66 bits per heavy atom. The van der Waals surface area contributed by atoms with Gasteiger partial charge in [0.25, 0.3) is 0 Å². The predicted molar refractivity (Wildman–Crippen MR) is 123 cm³/mol. The summed E-state index contributed by atoms with van der Waals surface area (Å²) in [6.07, 6.45) is 5.75. The molecule has 0 spiro atoms.